The van der Waals surface area contributed by atoms with Crippen LogP contribution in [0.4, 0.5) is 11.5 Å². The fourth-order valence-corrected chi connectivity index (χ4v) is 2.68. The molecular formula is C18H17N5O. The summed E-state index contributed by atoms with van der Waals surface area (Å²) in [6.07, 6.45) is 1.60. The molecule has 0 saturated carbocycles. The van der Waals surface area contributed by atoms with E-state index in [0.717, 1.165) is 5.69 Å². The minimum Gasteiger partial charge on any atom is -0.461 e. The number of aromatic nitrogens is 3. The first-order valence-corrected chi connectivity index (χ1v) is 7.72. The zero-order chi connectivity index (χ0) is 16.5. The molecule has 24 heavy (non-hydrogen) atoms. The molecule has 1 unspecified atom stereocenters. The molecular weight excluding hydrogens is 302 g/mol. The molecule has 0 saturated heterocycles. The molecule has 0 aliphatic heterocycles. The summed E-state index contributed by atoms with van der Waals surface area (Å²) >= 11 is 0. The van der Waals surface area contributed by atoms with Gasteiger partial charge in [-0.2, -0.15) is 4.52 Å². The summed E-state index contributed by atoms with van der Waals surface area (Å²) in [6, 6.07) is 17.8. The lowest BCUT2D eigenvalue weighted by Crippen LogP contribution is -2.08. The van der Waals surface area contributed by atoms with Crippen molar-refractivity contribution in [2.75, 3.05) is 11.1 Å². The van der Waals surface area contributed by atoms with Crippen LogP contribution in [-0.2, 0) is 0 Å². The highest BCUT2D eigenvalue weighted by atomic mass is 16.3. The van der Waals surface area contributed by atoms with Crippen molar-refractivity contribution in [1.29, 1.82) is 0 Å². The van der Waals surface area contributed by atoms with Crippen LogP contribution in [0.5, 0.6) is 0 Å². The van der Waals surface area contributed by atoms with E-state index in [4.69, 9.17) is 10.2 Å². The Kier molecular flexibility index (Phi) is 3.42. The number of hydrogen-bond acceptors (Lipinski definition) is 5. The van der Waals surface area contributed by atoms with Crippen molar-refractivity contribution in [2.45, 2.75) is 13.0 Å². The number of pyridine rings is 1. The van der Waals surface area contributed by atoms with Gasteiger partial charge >= 0.3 is 0 Å². The Labute approximate surface area is 138 Å². The maximum absolute atomic E-state index is 6.13. The average Bonchev–Trinajstić information content (AvgIpc) is 3.25. The molecule has 3 N–H and O–H groups in total. The molecule has 1 atom stereocenters. The topological polar surface area (TPSA) is 81.4 Å². The Morgan fingerprint density at radius 2 is 1.96 bits per heavy atom. The first-order chi connectivity index (χ1) is 11.7. The van der Waals surface area contributed by atoms with Crippen LogP contribution in [0.1, 0.15) is 18.5 Å². The molecule has 6 nitrogen and oxygen atoms in total. The molecule has 0 radical (unpaired) electrons. The van der Waals surface area contributed by atoms with Crippen molar-refractivity contribution in [2.24, 2.45) is 0 Å². The molecule has 4 aromatic rings. The zero-order valence-corrected chi connectivity index (χ0v) is 13.2. The Balaban J connectivity index is 1.67. The quantitative estimate of drug-likeness (QED) is 0.599. The number of nitrogens with zero attached hydrogens (tertiary/aromatic N) is 3. The van der Waals surface area contributed by atoms with Gasteiger partial charge in [0.05, 0.1) is 6.26 Å². The summed E-state index contributed by atoms with van der Waals surface area (Å²) in [4.78, 5) is 4.49. The molecule has 0 aliphatic rings. The summed E-state index contributed by atoms with van der Waals surface area (Å²) in [5, 5.41) is 7.84. The van der Waals surface area contributed by atoms with Gasteiger partial charge in [0.1, 0.15) is 5.82 Å². The highest BCUT2D eigenvalue weighted by Crippen LogP contribution is 2.24. The highest BCUT2D eigenvalue weighted by molar-refractivity contribution is 5.64. The van der Waals surface area contributed by atoms with Gasteiger partial charge in [0.2, 0.25) is 5.82 Å². The van der Waals surface area contributed by atoms with Gasteiger partial charge in [-0.25, -0.2) is 4.98 Å². The molecule has 0 fully saturated rings. The number of fused-ring (bicyclic) bond motifs is 1. The van der Waals surface area contributed by atoms with Gasteiger partial charge in [0, 0.05) is 23.9 Å². The number of rotatable bonds is 4. The number of hydrogen-bond donors (Lipinski definition) is 2. The fraction of sp³-hybridized carbons (Fsp3) is 0.111. The van der Waals surface area contributed by atoms with Crippen molar-refractivity contribution in [3.05, 3.63) is 66.4 Å². The van der Waals surface area contributed by atoms with Crippen LogP contribution in [0, 0.1) is 0 Å². The summed E-state index contributed by atoms with van der Waals surface area (Å²) in [7, 11) is 0. The highest BCUT2D eigenvalue weighted by Gasteiger charge is 2.12. The first-order valence-electron chi connectivity index (χ1n) is 7.72. The van der Waals surface area contributed by atoms with Crippen molar-refractivity contribution >= 4 is 17.2 Å². The molecule has 3 heterocycles. The van der Waals surface area contributed by atoms with Crippen molar-refractivity contribution < 1.29 is 4.42 Å². The summed E-state index contributed by atoms with van der Waals surface area (Å²) < 4.78 is 6.95. The molecule has 4 rings (SSSR count). The molecule has 6 heteroatoms. The number of benzene rings is 1. The van der Waals surface area contributed by atoms with Gasteiger partial charge in [0.25, 0.3) is 0 Å². The second-order valence-corrected chi connectivity index (χ2v) is 5.63. The zero-order valence-electron chi connectivity index (χ0n) is 13.2. The van der Waals surface area contributed by atoms with Crippen LogP contribution in [-0.4, -0.2) is 14.6 Å². The normalized spacial score (nSPS) is 12.4. The third kappa shape index (κ3) is 2.58. The van der Waals surface area contributed by atoms with E-state index < -0.39 is 0 Å². The lowest BCUT2D eigenvalue weighted by molar-refractivity contribution is 0.577. The smallest absolute Gasteiger partial charge is 0.217 e. The Hall–Kier alpha value is -3.28. The van der Waals surface area contributed by atoms with Crippen LogP contribution >= 0.6 is 0 Å². The number of anilines is 2. The molecule has 0 spiro atoms. The SMILES string of the molecule is CC(Nc1cc(N)n2nc(-c3ccco3)nc2c1)c1ccccc1. The molecule has 0 amide bonds. The van der Waals surface area contributed by atoms with Crippen LogP contribution in [0.25, 0.3) is 17.2 Å². The molecule has 3 aromatic heterocycles. The van der Waals surface area contributed by atoms with E-state index >= 15 is 0 Å². The molecule has 1 aromatic carbocycles. The third-order valence-corrected chi connectivity index (χ3v) is 3.89. The van der Waals surface area contributed by atoms with Crippen LogP contribution in [0.3, 0.4) is 0 Å². The predicted octanol–water partition coefficient (Wildman–Crippen LogP) is 3.74. The maximum Gasteiger partial charge on any atom is 0.217 e. The minimum atomic E-state index is 0.153. The predicted molar refractivity (Wildman–Crippen MR) is 93.6 cm³/mol. The largest absolute Gasteiger partial charge is 0.461 e. The van der Waals surface area contributed by atoms with Gasteiger partial charge in [-0.15, -0.1) is 5.10 Å². The first kappa shape index (κ1) is 14.3. The number of nitrogens with two attached hydrogens (primary N) is 1. The number of furan rings is 1. The Morgan fingerprint density at radius 3 is 2.71 bits per heavy atom. The monoisotopic (exact) mass is 319 g/mol. The maximum atomic E-state index is 6.13. The van der Waals surface area contributed by atoms with E-state index in [1.54, 1.807) is 16.8 Å². The lowest BCUT2D eigenvalue weighted by Gasteiger charge is -2.16. The van der Waals surface area contributed by atoms with Crippen molar-refractivity contribution in [3.63, 3.8) is 0 Å². The summed E-state index contributed by atoms with van der Waals surface area (Å²) in [5.74, 6) is 1.64. The van der Waals surface area contributed by atoms with Crippen molar-refractivity contribution in [3.8, 4) is 11.6 Å². The van der Waals surface area contributed by atoms with Crippen LogP contribution < -0.4 is 11.1 Å². The Bertz CT molecular complexity index is 960. The fourth-order valence-electron chi connectivity index (χ4n) is 2.68. The lowest BCUT2D eigenvalue weighted by atomic mass is 10.1. The average molecular weight is 319 g/mol. The molecule has 0 bridgehead atoms. The van der Waals surface area contributed by atoms with E-state index in [-0.39, 0.29) is 6.04 Å². The summed E-state index contributed by atoms with van der Waals surface area (Å²) in [5.41, 5.74) is 8.90. The number of nitrogens with one attached hydrogen (secondary N) is 1. The third-order valence-electron chi connectivity index (χ3n) is 3.89. The number of nitrogen functional groups attached to an aromatic ring is 1. The van der Waals surface area contributed by atoms with E-state index in [1.165, 1.54) is 5.56 Å². The standard InChI is InChI=1S/C18H17N5O/c1-12(13-6-3-2-4-7-13)20-14-10-16(19)23-17(11-14)21-18(22-23)15-8-5-9-24-15/h2-12,20H,19H2,1H3. The summed E-state index contributed by atoms with van der Waals surface area (Å²) in [6.45, 7) is 2.10. The van der Waals surface area contributed by atoms with Crippen LogP contribution in [0.15, 0.2) is 65.3 Å². The van der Waals surface area contributed by atoms with Gasteiger partial charge in [-0.05, 0) is 24.6 Å². The van der Waals surface area contributed by atoms with E-state index in [9.17, 15) is 0 Å². The van der Waals surface area contributed by atoms with E-state index in [1.807, 2.05) is 36.4 Å². The van der Waals surface area contributed by atoms with Gasteiger partial charge in [-0.3, -0.25) is 0 Å². The second kappa shape index (κ2) is 5.73. The second-order valence-electron chi connectivity index (χ2n) is 5.63. The van der Waals surface area contributed by atoms with Crippen LogP contribution in [0.2, 0.25) is 0 Å². The van der Waals surface area contributed by atoms with Gasteiger partial charge in [0.15, 0.2) is 11.4 Å². The van der Waals surface area contributed by atoms with E-state index in [2.05, 4.69) is 34.5 Å². The van der Waals surface area contributed by atoms with E-state index in [0.29, 0.717) is 23.0 Å². The van der Waals surface area contributed by atoms with Crippen molar-refractivity contribution in [1.82, 2.24) is 14.6 Å². The van der Waals surface area contributed by atoms with Gasteiger partial charge in [-0.1, -0.05) is 30.3 Å². The van der Waals surface area contributed by atoms with Gasteiger partial charge < -0.3 is 15.5 Å². The Morgan fingerprint density at radius 1 is 1.12 bits per heavy atom. The molecule has 0 aliphatic carbocycles. The minimum absolute atomic E-state index is 0.153. The molecule has 120 valence electrons.